The van der Waals surface area contributed by atoms with Gasteiger partial charge in [0.15, 0.2) is 0 Å². The highest BCUT2D eigenvalue weighted by molar-refractivity contribution is 6.03. The summed E-state index contributed by atoms with van der Waals surface area (Å²) < 4.78 is 5.15. The number of hydrogen-bond donors (Lipinski definition) is 2. The lowest BCUT2D eigenvalue weighted by Gasteiger charge is -2.08. The quantitative estimate of drug-likeness (QED) is 0.848. The summed E-state index contributed by atoms with van der Waals surface area (Å²) in [7, 11) is 1.62. The fourth-order valence-corrected chi connectivity index (χ4v) is 1.53. The normalized spacial score (nSPS) is 10.0. The van der Waals surface area contributed by atoms with E-state index in [2.05, 4.69) is 15.5 Å². The molecule has 1 aromatic carbocycles. The van der Waals surface area contributed by atoms with E-state index in [1.807, 2.05) is 19.1 Å². The van der Waals surface area contributed by atoms with Gasteiger partial charge in [-0.2, -0.15) is 5.10 Å². The Balaban J connectivity index is 2.14. The zero-order valence-corrected chi connectivity index (χ0v) is 9.65. The van der Waals surface area contributed by atoms with Crippen molar-refractivity contribution < 1.29 is 9.53 Å². The third-order valence-electron chi connectivity index (χ3n) is 2.41. The van der Waals surface area contributed by atoms with Crippen LogP contribution < -0.4 is 10.1 Å². The molecule has 0 aliphatic carbocycles. The molecule has 88 valence electrons. The maximum absolute atomic E-state index is 11.7. The second-order valence-corrected chi connectivity index (χ2v) is 3.63. The Morgan fingerprint density at radius 2 is 2.29 bits per heavy atom. The number of aromatic amines is 1. The summed E-state index contributed by atoms with van der Waals surface area (Å²) in [6, 6.07) is 5.47. The Labute approximate surface area is 98.8 Å². The van der Waals surface area contributed by atoms with E-state index in [0.29, 0.717) is 5.56 Å². The average Bonchev–Trinajstić information content (AvgIpc) is 2.82. The molecule has 0 aliphatic heterocycles. The number of nitrogens with zero attached hydrogens (tertiary/aromatic N) is 1. The number of rotatable bonds is 3. The van der Waals surface area contributed by atoms with Crippen LogP contribution in [0.2, 0.25) is 0 Å². The van der Waals surface area contributed by atoms with Crippen LogP contribution in [0.4, 0.5) is 5.69 Å². The van der Waals surface area contributed by atoms with E-state index in [9.17, 15) is 4.79 Å². The lowest BCUT2D eigenvalue weighted by molar-refractivity contribution is 0.102. The van der Waals surface area contributed by atoms with E-state index in [4.69, 9.17) is 4.74 Å². The Hall–Kier alpha value is -2.30. The monoisotopic (exact) mass is 231 g/mol. The van der Waals surface area contributed by atoms with Gasteiger partial charge in [-0.1, -0.05) is 0 Å². The molecule has 0 spiro atoms. The van der Waals surface area contributed by atoms with Crippen molar-refractivity contribution in [2.45, 2.75) is 6.92 Å². The minimum atomic E-state index is -0.191. The molecule has 1 heterocycles. The van der Waals surface area contributed by atoms with Crippen molar-refractivity contribution in [3.05, 3.63) is 41.7 Å². The maximum Gasteiger partial charge on any atom is 0.258 e. The number of amides is 1. The van der Waals surface area contributed by atoms with Crippen LogP contribution in [-0.4, -0.2) is 23.2 Å². The van der Waals surface area contributed by atoms with Gasteiger partial charge in [-0.3, -0.25) is 9.89 Å². The molecule has 0 radical (unpaired) electrons. The van der Waals surface area contributed by atoms with Gasteiger partial charge in [0.05, 0.1) is 18.9 Å². The van der Waals surface area contributed by atoms with Gasteiger partial charge in [0.2, 0.25) is 0 Å². The Morgan fingerprint density at radius 3 is 2.88 bits per heavy atom. The highest BCUT2D eigenvalue weighted by Crippen LogP contribution is 2.21. The first-order valence-corrected chi connectivity index (χ1v) is 5.15. The molecule has 1 amide bonds. The third kappa shape index (κ3) is 2.44. The molecule has 0 aliphatic rings. The molecule has 0 atom stereocenters. The smallest absolute Gasteiger partial charge is 0.258 e. The number of aromatic nitrogens is 2. The standard InChI is InChI=1S/C12H13N3O2/c1-8-5-10(3-4-11(8)17-2)15-12(16)9-6-13-14-7-9/h3-7H,1-2H3,(H,13,14)(H,15,16). The topological polar surface area (TPSA) is 67.0 Å². The van der Waals surface area contributed by atoms with Gasteiger partial charge in [-0.05, 0) is 30.7 Å². The summed E-state index contributed by atoms with van der Waals surface area (Å²) in [5, 5.41) is 9.10. The van der Waals surface area contributed by atoms with E-state index in [0.717, 1.165) is 17.0 Å². The molecule has 0 unspecified atom stereocenters. The van der Waals surface area contributed by atoms with Crippen LogP contribution in [0, 0.1) is 6.92 Å². The molecule has 2 aromatic rings. The molecule has 0 saturated heterocycles. The largest absolute Gasteiger partial charge is 0.496 e. The van der Waals surface area contributed by atoms with Crippen molar-refractivity contribution >= 4 is 11.6 Å². The average molecular weight is 231 g/mol. The van der Waals surface area contributed by atoms with E-state index >= 15 is 0 Å². The van der Waals surface area contributed by atoms with E-state index in [-0.39, 0.29) is 5.91 Å². The molecule has 5 heteroatoms. The van der Waals surface area contributed by atoms with Gasteiger partial charge >= 0.3 is 0 Å². The van der Waals surface area contributed by atoms with Crippen molar-refractivity contribution in [2.24, 2.45) is 0 Å². The van der Waals surface area contributed by atoms with Crippen LogP contribution in [0.5, 0.6) is 5.75 Å². The number of methoxy groups -OCH3 is 1. The second-order valence-electron chi connectivity index (χ2n) is 3.63. The predicted octanol–water partition coefficient (Wildman–Crippen LogP) is 1.98. The van der Waals surface area contributed by atoms with Crippen molar-refractivity contribution in [1.82, 2.24) is 10.2 Å². The Bertz CT molecular complexity index is 521. The van der Waals surface area contributed by atoms with Crippen LogP contribution in [0.15, 0.2) is 30.6 Å². The summed E-state index contributed by atoms with van der Waals surface area (Å²) in [6.45, 7) is 1.92. The van der Waals surface area contributed by atoms with Gasteiger partial charge in [0, 0.05) is 11.9 Å². The SMILES string of the molecule is COc1ccc(NC(=O)c2cn[nH]c2)cc1C. The van der Waals surface area contributed by atoms with Crippen LogP contribution in [-0.2, 0) is 0 Å². The number of benzene rings is 1. The maximum atomic E-state index is 11.7. The zero-order chi connectivity index (χ0) is 12.3. The molecule has 2 rings (SSSR count). The number of hydrogen-bond acceptors (Lipinski definition) is 3. The van der Waals surface area contributed by atoms with Crippen LogP contribution >= 0.6 is 0 Å². The number of carbonyl (C=O) groups excluding carboxylic acids is 1. The lowest BCUT2D eigenvalue weighted by atomic mass is 10.2. The van der Waals surface area contributed by atoms with Crippen LogP contribution in [0.3, 0.4) is 0 Å². The van der Waals surface area contributed by atoms with Crippen LogP contribution in [0.25, 0.3) is 0 Å². The molecule has 0 saturated carbocycles. The molecule has 2 N–H and O–H groups in total. The Morgan fingerprint density at radius 1 is 1.47 bits per heavy atom. The summed E-state index contributed by atoms with van der Waals surface area (Å²) in [5.74, 6) is 0.606. The summed E-state index contributed by atoms with van der Waals surface area (Å²) in [6.07, 6.45) is 3.03. The fourth-order valence-electron chi connectivity index (χ4n) is 1.53. The fraction of sp³-hybridized carbons (Fsp3) is 0.167. The van der Waals surface area contributed by atoms with Crippen LogP contribution in [0.1, 0.15) is 15.9 Å². The zero-order valence-electron chi connectivity index (χ0n) is 9.65. The lowest BCUT2D eigenvalue weighted by Crippen LogP contribution is -2.11. The minimum absolute atomic E-state index is 0.191. The molecule has 0 bridgehead atoms. The van der Waals surface area contributed by atoms with Gasteiger partial charge < -0.3 is 10.1 Å². The van der Waals surface area contributed by atoms with Crippen molar-refractivity contribution in [3.63, 3.8) is 0 Å². The van der Waals surface area contributed by atoms with Gasteiger partial charge in [-0.25, -0.2) is 0 Å². The number of nitrogens with one attached hydrogen (secondary N) is 2. The summed E-state index contributed by atoms with van der Waals surface area (Å²) in [5.41, 5.74) is 2.20. The Kier molecular flexibility index (Phi) is 3.09. The first-order valence-electron chi connectivity index (χ1n) is 5.15. The number of anilines is 1. The van der Waals surface area contributed by atoms with Gasteiger partial charge in [0.1, 0.15) is 5.75 Å². The number of H-pyrrole nitrogens is 1. The minimum Gasteiger partial charge on any atom is -0.496 e. The van der Waals surface area contributed by atoms with Crippen molar-refractivity contribution in [3.8, 4) is 5.75 Å². The molecule has 1 aromatic heterocycles. The summed E-state index contributed by atoms with van der Waals surface area (Å²) in [4.78, 5) is 11.7. The van der Waals surface area contributed by atoms with E-state index in [1.54, 1.807) is 19.4 Å². The molecule has 5 nitrogen and oxygen atoms in total. The third-order valence-corrected chi connectivity index (χ3v) is 2.41. The van der Waals surface area contributed by atoms with Crippen molar-refractivity contribution in [1.29, 1.82) is 0 Å². The first-order chi connectivity index (χ1) is 8.20. The predicted molar refractivity (Wildman–Crippen MR) is 64.3 cm³/mol. The van der Waals surface area contributed by atoms with E-state index in [1.165, 1.54) is 6.20 Å². The molecule has 0 fully saturated rings. The highest BCUT2D eigenvalue weighted by atomic mass is 16.5. The van der Waals surface area contributed by atoms with Gasteiger partial charge in [0.25, 0.3) is 5.91 Å². The molecular weight excluding hydrogens is 218 g/mol. The first kappa shape index (κ1) is 11.2. The number of aryl methyl sites for hydroxylation is 1. The highest BCUT2D eigenvalue weighted by Gasteiger charge is 2.07. The number of ether oxygens (including phenoxy) is 1. The van der Waals surface area contributed by atoms with E-state index < -0.39 is 0 Å². The molecular formula is C12H13N3O2. The number of carbonyl (C=O) groups is 1. The summed E-state index contributed by atoms with van der Waals surface area (Å²) >= 11 is 0. The van der Waals surface area contributed by atoms with Gasteiger partial charge in [-0.15, -0.1) is 0 Å². The molecule has 17 heavy (non-hydrogen) atoms. The van der Waals surface area contributed by atoms with Crippen molar-refractivity contribution in [2.75, 3.05) is 12.4 Å². The second kappa shape index (κ2) is 4.69.